The average molecular weight is 275 g/mol. The molecular weight excluding hydrogens is 267 g/mol. The minimum atomic E-state index is -1.16. The quantitative estimate of drug-likeness (QED) is 0.922. The van der Waals surface area contributed by atoms with Gasteiger partial charge >= 0.3 is 5.97 Å². The van der Waals surface area contributed by atoms with E-state index in [2.05, 4.69) is 15.9 Å². The summed E-state index contributed by atoms with van der Waals surface area (Å²) in [5.74, 6) is -1.53. The molecule has 1 aromatic rings. The predicted octanol–water partition coefficient (Wildman–Crippen LogP) is 2.83. The molecule has 0 amide bonds. The lowest BCUT2D eigenvalue weighted by molar-refractivity contribution is 0.0695. The van der Waals surface area contributed by atoms with Gasteiger partial charge in [0.25, 0.3) is 0 Å². The van der Waals surface area contributed by atoms with E-state index in [-0.39, 0.29) is 21.9 Å². The Morgan fingerprint density at radius 2 is 2.20 bits per heavy atom. The van der Waals surface area contributed by atoms with E-state index in [9.17, 15) is 9.18 Å². The summed E-state index contributed by atoms with van der Waals surface area (Å²) in [6.07, 6.45) is 1.97. The topological polar surface area (TPSA) is 46.5 Å². The average Bonchev–Trinajstić information content (AvgIpc) is 2.96. The van der Waals surface area contributed by atoms with Crippen LogP contribution in [-0.2, 0) is 0 Å². The van der Waals surface area contributed by atoms with E-state index in [4.69, 9.17) is 9.84 Å². The Morgan fingerprint density at radius 3 is 2.73 bits per heavy atom. The van der Waals surface area contributed by atoms with Crippen molar-refractivity contribution in [1.82, 2.24) is 0 Å². The van der Waals surface area contributed by atoms with Gasteiger partial charge in [0.05, 0.1) is 16.1 Å². The lowest BCUT2D eigenvalue weighted by Crippen LogP contribution is -2.02. The van der Waals surface area contributed by atoms with Crippen molar-refractivity contribution < 1.29 is 19.0 Å². The highest BCUT2D eigenvalue weighted by molar-refractivity contribution is 9.10. The third-order valence-electron chi connectivity index (χ3n) is 2.06. The summed E-state index contributed by atoms with van der Waals surface area (Å²) >= 11 is 3.03. The smallest absolute Gasteiger partial charge is 0.335 e. The zero-order valence-electron chi connectivity index (χ0n) is 7.67. The first-order valence-electron chi connectivity index (χ1n) is 4.47. The summed E-state index contributed by atoms with van der Waals surface area (Å²) in [7, 11) is 0. The van der Waals surface area contributed by atoms with Crippen LogP contribution in [0.15, 0.2) is 16.6 Å². The number of halogens is 2. The van der Waals surface area contributed by atoms with Crippen LogP contribution >= 0.6 is 15.9 Å². The molecule has 1 N–H and O–H groups in total. The second-order valence-corrected chi connectivity index (χ2v) is 4.19. The zero-order valence-corrected chi connectivity index (χ0v) is 9.25. The lowest BCUT2D eigenvalue weighted by atomic mass is 10.2. The normalized spacial score (nSPS) is 15.1. The fourth-order valence-corrected chi connectivity index (χ4v) is 1.46. The minimum Gasteiger partial charge on any atom is -0.489 e. The Morgan fingerprint density at radius 1 is 1.53 bits per heavy atom. The molecule has 1 aliphatic carbocycles. The van der Waals surface area contributed by atoms with E-state index in [1.165, 1.54) is 6.07 Å². The molecule has 0 unspecified atom stereocenters. The van der Waals surface area contributed by atoms with Gasteiger partial charge in [0, 0.05) is 0 Å². The molecule has 1 aromatic carbocycles. The Labute approximate surface area is 94.0 Å². The molecule has 3 nitrogen and oxygen atoms in total. The minimum absolute atomic E-state index is 0.102. The van der Waals surface area contributed by atoms with E-state index in [0.29, 0.717) is 0 Å². The van der Waals surface area contributed by atoms with E-state index in [1.54, 1.807) is 0 Å². The fourth-order valence-electron chi connectivity index (χ4n) is 1.14. The first-order chi connectivity index (χ1) is 7.08. The third kappa shape index (κ3) is 2.28. The number of carbonyl (C=O) groups is 1. The second-order valence-electron chi connectivity index (χ2n) is 3.39. The van der Waals surface area contributed by atoms with Crippen molar-refractivity contribution >= 4 is 21.9 Å². The molecule has 0 aliphatic heterocycles. The maximum Gasteiger partial charge on any atom is 0.335 e. The SMILES string of the molecule is O=C(O)c1cc(F)c(Br)c(OC2CC2)c1. The number of ether oxygens (including phenoxy) is 1. The van der Waals surface area contributed by atoms with Gasteiger partial charge in [-0.05, 0) is 40.9 Å². The molecule has 1 fully saturated rings. The lowest BCUT2D eigenvalue weighted by Gasteiger charge is -2.08. The highest BCUT2D eigenvalue weighted by Crippen LogP contribution is 2.34. The van der Waals surface area contributed by atoms with Crippen molar-refractivity contribution in [2.24, 2.45) is 0 Å². The molecule has 0 spiro atoms. The van der Waals surface area contributed by atoms with Gasteiger partial charge < -0.3 is 9.84 Å². The Balaban J connectivity index is 2.36. The van der Waals surface area contributed by atoms with Gasteiger partial charge in [-0.2, -0.15) is 0 Å². The van der Waals surface area contributed by atoms with Crippen LogP contribution in [0.5, 0.6) is 5.75 Å². The molecule has 1 aliphatic rings. The fraction of sp³-hybridized carbons (Fsp3) is 0.300. The predicted molar refractivity (Wildman–Crippen MR) is 54.7 cm³/mol. The molecule has 5 heteroatoms. The van der Waals surface area contributed by atoms with Gasteiger partial charge in [-0.3, -0.25) is 0 Å². The maximum absolute atomic E-state index is 13.3. The number of carboxylic acids is 1. The summed E-state index contributed by atoms with van der Waals surface area (Å²) in [4.78, 5) is 10.7. The first kappa shape index (κ1) is 10.4. The second kappa shape index (κ2) is 3.81. The van der Waals surface area contributed by atoms with E-state index in [1.807, 2.05) is 0 Å². The van der Waals surface area contributed by atoms with Crippen LogP contribution in [0.25, 0.3) is 0 Å². The standard InChI is InChI=1S/C10H8BrFO3/c11-9-7(12)3-5(10(13)14)4-8(9)15-6-1-2-6/h3-4,6H,1-2H2,(H,13,14). The van der Waals surface area contributed by atoms with Crippen LogP contribution in [0.3, 0.4) is 0 Å². The number of rotatable bonds is 3. The van der Waals surface area contributed by atoms with Crippen LogP contribution in [0.2, 0.25) is 0 Å². The Bertz CT molecular complexity index is 415. The highest BCUT2D eigenvalue weighted by atomic mass is 79.9. The largest absolute Gasteiger partial charge is 0.489 e. The van der Waals surface area contributed by atoms with Crippen LogP contribution in [-0.4, -0.2) is 17.2 Å². The van der Waals surface area contributed by atoms with Crippen molar-refractivity contribution in [2.75, 3.05) is 0 Å². The van der Waals surface area contributed by atoms with Crippen LogP contribution < -0.4 is 4.74 Å². The van der Waals surface area contributed by atoms with Gasteiger partial charge in [0.2, 0.25) is 0 Å². The van der Waals surface area contributed by atoms with Gasteiger partial charge in [0.15, 0.2) is 0 Å². The number of benzene rings is 1. The molecule has 0 heterocycles. The maximum atomic E-state index is 13.3. The van der Waals surface area contributed by atoms with Crippen molar-refractivity contribution in [3.8, 4) is 5.75 Å². The number of hydrogen-bond donors (Lipinski definition) is 1. The third-order valence-corrected chi connectivity index (χ3v) is 2.83. The Hall–Kier alpha value is -1.10. The van der Waals surface area contributed by atoms with Crippen molar-refractivity contribution in [3.05, 3.63) is 28.0 Å². The molecule has 0 bridgehead atoms. The van der Waals surface area contributed by atoms with Crippen LogP contribution in [0.4, 0.5) is 4.39 Å². The molecule has 0 radical (unpaired) electrons. The van der Waals surface area contributed by atoms with Crippen molar-refractivity contribution in [3.63, 3.8) is 0 Å². The molecule has 0 saturated heterocycles. The first-order valence-corrected chi connectivity index (χ1v) is 5.26. The summed E-state index contributed by atoms with van der Waals surface area (Å²) < 4.78 is 18.8. The number of aromatic carboxylic acids is 1. The van der Waals surface area contributed by atoms with Crippen molar-refractivity contribution in [1.29, 1.82) is 0 Å². The van der Waals surface area contributed by atoms with E-state index < -0.39 is 11.8 Å². The number of carboxylic acid groups (broad SMARTS) is 1. The van der Waals surface area contributed by atoms with Crippen molar-refractivity contribution in [2.45, 2.75) is 18.9 Å². The monoisotopic (exact) mass is 274 g/mol. The van der Waals surface area contributed by atoms with Crippen LogP contribution in [0, 0.1) is 5.82 Å². The van der Waals surface area contributed by atoms with E-state index >= 15 is 0 Å². The Kier molecular flexibility index (Phi) is 2.65. The molecule has 15 heavy (non-hydrogen) atoms. The molecule has 0 atom stereocenters. The zero-order chi connectivity index (χ0) is 11.0. The van der Waals surface area contributed by atoms with Gasteiger partial charge in [0.1, 0.15) is 11.6 Å². The molecule has 1 saturated carbocycles. The summed E-state index contributed by atoms with van der Waals surface area (Å²) in [6.45, 7) is 0. The van der Waals surface area contributed by atoms with Gasteiger partial charge in [-0.15, -0.1) is 0 Å². The van der Waals surface area contributed by atoms with Gasteiger partial charge in [-0.25, -0.2) is 9.18 Å². The molecular formula is C10H8BrFO3. The van der Waals surface area contributed by atoms with E-state index in [0.717, 1.165) is 18.9 Å². The molecule has 2 rings (SSSR count). The molecule has 0 aromatic heterocycles. The summed E-state index contributed by atoms with van der Waals surface area (Å²) in [5, 5.41) is 8.74. The molecule has 80 valence electrons. The van der Waals surface area contributed by atoms with Crippen LogP contribution in [0.1, 0.15) is 23.2 Å². The summed E-state index contributed by atoms with van der Waals surface area (Å²) in [6, 6.07) is 2.29. The van der Waals surface area contributed by atoms with Gasteiger partial charge in [-0.1, -0.05) is 0 Å². The summed E-state index contributed by atoms with van der Waals surface area (Å²) in [5.41, 5.74) is -0.105. The highest BCUT2D eigenvalue weighted by Gasteiger charge is 2.25. The number of hydrogen-bond acceptors (Lipinski definition) is 2.